The van der Waals surface area contributed by atoms with Gasteiger partial charge in [0.05, 0.1) is 0 Å². The highest BCUT2D eigenvalue weighted by molar-refractivity contribution is 4.88. The minimum Gasteiger partial charge on any atom is -0.311 e. The van der Waals surface area contributed by atoms with Crippen LogP contribution >= 0.6 is 0 Å². The highest BCUT2D eigenvalue weighted by atomic mass is 15.0. The van der Waals surface area contributed by atoms with Gasteiger partial charge in [-0.1, -0.05) is 34.1 Å². The Morgan fingerprint density at radius 3 is 2.35 bits per heavy atom. The maximum Gasteiger partial charge on any atom is 0.00747 e. The van der Waals surface area contributed by atoms with Gasteiger partial charge in [-0.15, -0.1) is 0 Å². The number of rotatable bonds is 2. The Bertz CT molecular complexity index is 246. The lowest BCUT2D eigenvalue weighted by Gasteiger charge is -2.40. The van der Waals surface area contributed by atoms with Crippen molar-refractivity contribution in [3.05, 3.63) is 0 Å². The molecule has 0 saturated heterocycles. The zero-order valence-corrected chi connectivity index (χ0v) is 12.3. The zero-order valence-electron chi connectivity index (χ0n) is 12.3. The van der Waals surface area contributed by atoms with Crippen molar-refractivity contribution >= 4 is 0 Å². The molecule has 1 nitrogen and oxygen atoms in total. The first-order valence-electron chi connectivity index (χ1n) is 7.72. The molecule has 4 atom stereocenters. The molecule has 0 aromatic rings. The molecule has 2 saturated carbocycles. The fraction of sp³-hybridized carbons (Fsp3) is 1.00. The van der Waals surface area contributed by atoms with Crippen LogP contribution in [0.15, 0.2) is 0 Å². The van der Waals surface area contributed by atoms with Crippen LogP contribution in [0.5, 0.6) is 0 Å². The topological polar surface area (TPSA) is 12.0 Å². The molecule has 0 heterocycles. The molecule has 100 valence electrons. The molecule has 0 aromatic heterocycles. The lowest BCUT2D eigenvalue weighted by molar-refractivity contribution is 0.159. The van der Waals surface area contributed by atoms with Gasteiger partial charge in [0.1, 0.15) is 0 Å². The van der Waals surface area contributed by atoms with Gasteiger partial charge in [0.15, 0.2) is 0 Å². The summed E-state index contributed by atoms with van der Waals surface area (Å²) in [6, 6.07) is 1.60. The van der Waals surface area contributed by atoms with Gasteiger partial charge in [-0.25, -0.2) is 0 Å². The standard InChI is InChI=1S/C16H31N/c1-12-7-8-14(10-13(12)2)17-15-6-5-9-16(3,4)11-15/h12-15,17H,5-11H2,1-4H3. The van der Waals surface area contributed by atoms with Gasteiger partial charge in [-0.2, -0.15) is 0 Å². The summed E-state index contributed by atoms with van der Waals surface area (Å²) in [5.41, 5.74) is 0.573. The Morgan fingerprint density at radius 1 is 0.941 bits per heavy atom. The van der Waals surface area contributed by atoms with E-state index in [1.54, 1.807) is 0 Å². The third-order valence-corrected chi connectivity index (χ3v) is 5.27. The van der Waals surface area contributed by atoms with Crippen molar-refractivity contribution in [2.45, 2.75) is 84.7 Å². The normalized spacial score (nSPS) is 42.4. The fourth-order valence-electron chi connectivity index (χ4n) is 3.87. The van der Waals surface area contributed by atoms with Gasteiger partial charge in [0.2, 0.25) is 0 Å². The van der Waals surface area contributed by atoms with Gasteiger partial charge >= 0.3 is 0 Å². The first-order chi connectivity index (χ1) is 7.96. The average Bonchev–Trinajstić information content (AvgIpc) is 2.22. The Labute approximate surface area is 108 Å². The number of hydrogen-bond acceptors (Lipinski definition) is 1. The maximum atomic E-state index is 3.96. The largest absolute Gasteiger partial charge is 0.311 e. The van der Waals surface area contributed by atoms with Crippen molar-refractivity contribution in [3.63, 3.8) is 0 Å². The van der Waals surface area contributed by atoms with E-state index in [-0.39, 0.29) is 0 Å². The van der Waals surface area contributed by atoms with E-state index in [1.807, 2.05) is 0 Å². The molecule has 2 aliphatic carbocycles. The number of hydrogen-bond donors (Lipinski definition) is 1. The second-order valence-electron chi connectivity index (χ2n) is 7.59. The lowest BCUT2D eigenvalue weighted by atomic mass is 9.74. The smallest absolute Gasteiger partial charge is 0.00747 e. The summed E-state index contributed by atoms with van der Waals surface area (Å²) >= 11 is 0. The highest BCUT2D eigenvalue weighted by Crippen LogP contribution is 2.36. The quantitative estimate of drug-likeness (QED) is 0.752. The van der Waals surface area contributed by atoms with E-state index < -0.39 is 0 Å². The summed E-state index contributed by atoms with van der Waals surface area (Å²) in [7, 11) is 0. The minimum absolute atomic E-state index is 0.573. The van der Waals surface area contributed by atoms with Gasteiger partial charge in [0, 0.05) is 12.1 Å². The molecule has 4 unspecified atom stereocenters. The van der Waals surface area contributed by atoms with E-state index >= 15 is 0 Å². The molecular weight excluding hydrogens is 206 g/mol. The van der Waals surface area contributed by atoms with Crippen LogP contribution in [0.25, 0.3) is 0 Å². The SMILES string of the molecule is CC1CCC(NC2CCCC(C)(C)C2)CC1C. The Hall–Kier alpha value is -0.0400. The fourth-order valence-corrected chi connectivity index (χ4v) is 3.87. The van der Waals surface area contributed by atoms with E-state index in [0.29, 0.717) is 5.41 Å². The molecule has 0 bridgehead atoms. The zero-order chi connectivity index (χ0) is 12.5. The second kappa shape index (κ2) is 5.30. The van der Waals surface area contributed by atoms with Crippen molar-refractivity contribution in [1.82, 2.24) is 5.32 Å². The molecule has 0 aliphatic heterocycles. The molecule has 17 heavy (non-hydrogen) atoms. The number of nitrogens with one attached hydrogen (secondary N) is 1. The Kier molecular flexibility index (Phi) is 4.18. The van der Waals surface area contributed by atoms with E-state index in [9.17, 15) is 0 Å². The van der Waals surface area contributed by atoms with Gasteiger partial charge < -0.3 is 5.32 Å². The van der Waals surface area contributed by atoms with Gasteiger partial charge in [-0.05, 0) is 55.8 Å². The van der Waals surface area contributed by atoms with Crippen LogP contribution in [0.2, 0.25) is 0 Å². The Morgan fingerprint density at radius 2 is 1.71 bits per heavy atom. The molecule has 0 spiro atoms. The van der Waals surface area contributed by atoms with Crippen LogP contribution in [0, 0.1) is 17.3 Å². The molecule has 1 N–H and O–H groups in total. The molecule has 2 rings (SSSR count). The van der Waals surface area contributed by atoms with Crippen LogP contribution in [0.1, 0.15) is 72.6 Å². The summed E-state index contributed by atoms with van der Waals surface area (Å²) in [5.74, 6) is 1.86. The van der Waals surface area contributed by atoms with Gasteiger partial charge in [-0.3, -0.25) is 0 Å². The van der Waals surface area contributed by atoms with Crippen molar-refractivity contribution < 1.29 is 0 Å². The van der Waals surface area contributed by atoms with Crippen molar-refractivity contribution in [3.8, 4) is 0 Å². The van der Waals surface area contributed by atoms with Crippen LogP contribution in [0.4, 0.5) is 0 Å². The molecular formula is C16H31N. The molecule has 0 radical (unpaired) electrons. The van der Waals surface area contributed by atoms with Crippen molar-refractivity contribution in [2.24, 2.45) is 17.3 Å². The monoisotopic (exact) mass is 237 g/mol. The van der Waals surface area contributed by atoms with E-state index in [1.165, 1.54) is 44.9 Å². The third-order valence-electron chi connectivity index (χ3n) is 5.27. The molecule has 1 heteroatoms. The lowest BCUT2D eigenvalue weighted by Crippen LogP contribution is -2.45. The summed E-state index contributed by atoms with van der Waals surface area (Å²) in [6.45, 7) is 9.73. The van der Waals surface area contributed by atoms with Gasteiger partial charge in [0.25, 0.3) is 0 Å². The van der Waals surface area contributed by atoms with E-state index in [4.69, 9.17) is 0 Å². The predicted molar refractivity (Wildman–Crippen MR) is 75.1 cm³/mol. The van der Waals surface area contributed by atoms with E-state index in [2.05, 4.69) is 33.0 Å². The first kappa shape index (κ1) is 13.4. The first-order valence-corrected chi connectivity index (χ1v) is 7.72. The van der Waals surface area contributed by atoms with Crippen molar-refractivity contribution in [2.75, 3.05) is 0 Å². The third kappa shape index (κ3) is 3.71. The van der Waals surface area contributed by atoms with Crippen molar-refractivity contribution in [1.29, 1.82) is 0 Å². The minimum atomic E-state index is 0.573. The van der Waals surface area contributed by atoms with Crippen LogP contribution in [-0.4, -0.2) is 12.1 Å². The van der Waals surface area contributed by atoms with Crippen LogP contribution in [-0.2, 0) is 0 Å². The molecule has 0 amide bonds. The molecule has 0 aromatic carbocycles. The predicted octanol–water partition coefficient (Wildman–Crippen LogP) is 4.37. The van der Waals surface area contributed by atoms with Crippen LogP contribution < -0.4 is 5.32 Å². The second-order valence-corrected chi connectivity index (χ2v) is 7.59. The Balaban J connectivity index is 1.81. The molecule has 2 fully saturated rings. The van der Waals surface area contributed by atoms with E-state index in [0.717, 1.165) is 23.9 Å². The molecule has 2 aliphatic rings. The average molecular weight is 237 g/mol. The van der Waals surface area contributed by atoms with Crippen LogP contribution in [0.3, 0.4) is 0 Å². The summed E-state index contributed by atoms with van der Waals surface area (Å²) < 4.78 is 0. The summed E-state index contributed by atoms with van der Waals surface area (Å²) in [5, 5.41) is 3.96. The summed E-state index contributed by atoms with van der Waals surface area (Å²) in [6.07, 6.45) is 9.86. The maximum absolute atomic E-state index is 3.96. The summed E-state index contributed by atoms with van der Waals surface area (Å²) in [4.78, 5) is 0. The highest BCUT2D eigenvalue weighted by Gasteiger charge is 2.31.